The number of carbonyl (C=O) groups excluding carboxylic acids is 2. The monoisotopic (exact) mass is 615 g/mol. The van der Waals surface area contributed by atoms with E-state index < -0.39 is 28.5 Å². The van der Waals surface area contributed by atoms with Crippen molar-refractivity contribution in [2.24, 2.45) is 0 Å². The average Bonchev–Trinajstić information content (AvgIpc) is 3.06. The molecular formula is C34H37N3O6S. The van der Waals surface area contributed by atoms with Gasteiger partial charge < -0.3 is 19.7 Å². The van der Waals surface area contributed by atoms with E-state index in [1.54, 1.807) is 30.3 Å². The summed E-state index contributed by atoms with van der Waals surface area (Å²) >= 11 is 0. The number of hydrogen-bond donors (Lipinski definition) is 1. The molecule has 0 aliphatic heterocycles. The first-order chi connectivity index (χ1) is 21.2. The molecule has 0 bridgehead atoms. The first-order valence-corrected chi connectivity index (χ1v) is 15.5. The molecule has 4 rings (SSSR count). The summed E-state index contributed by atoms with van der Waals surface area (Å²) in [6.07, 6.45) is 0.236. The van der Waals surface area contributed by atoms with Crippen LogP contribution in [-0.4, -0.2) is 59.0 Å². The van der Waals surface area contributed by atoms with Crippen LogP contribution in [-0.2, 0) is 32.6 Å². The predicted molar refractivity (Wildman–Crippen MR) is 170 cm³/mol. The van der Waals surface area contributed by atoms with E-state index in [9.17, 15) is 18.0 Å². The zero-order valence-corrected chi connectivity index (χ0v) is 26.1. The smallest absolute Gasteiger partial charge is 0.264 e. The number of ether oxygens (including phenoxy) is 2. The van der Waals surface area contributed by atoms with Crippen molar-refractivity contribution < 1.29 is 27.5 Å². The van der Waals surface area contributed by atoms with Crippen molar-refractivity contribution in [3.63, 3.8) is 0 Å². The molecule has 0 saturated heterocycles. The second-order valence-electron chi connectivity index (χ2n) is 10.2. The van der Waals surface area contributed by atoms with Crippen molar-refractivity contribution in [1.29, 1.82) is 0 Å². The molecule has 4 aromatic carbocycles. The van der Waals surface area contributed by atoms with Gasteiger partial charge in [-0.05, 0) is 42.3 Å². The lowest BCUT2D eigenvalue weighted by Crippen LogP contribution is -2.53. The third-order valence-corrected chi connectivity index (χ3v) is 9.04. The van der Waals surface area contributed by atoms with E-state index in [0.29, 0.717) is 11.5 Å². The van der Waals surface area contributed by atoms with E-state index in [2.05, 4.69) is 5.32 Å². The van der Waals surface area contributed by atoms with Crippen molar-refractivity contribution in [3.05, 3.63) is 120 Å². The first kappa shape index (κ1) is 32.1. The van der Waals surface area contributed by atoms with Crippen LogP contribution < -0.4 is 19.1 Å². The van der Waals surface area contributed by atoms with Crippen LogP contribution in [0.5, 0.6) is 11.5 Å². The van der Waals surface area contributed by atoms with Crippen molar-refractivity contribution in [2.75, 3.05) is 32.1 Å². The van der Waals surface area contributed by atoms with E-state index in [1.807, 2.05) is 61.5 Å². The van der Waals surface area contributed by atoms with Gasteiger partial charge in [0, 0.05) is 26.1 Å². The Hall–Kier alpha value is -4.83. The Morgan fingerprint density at radius 2 is 1.41 bits per heavy atom. The van der Waals surface area contributed by atoms with Crippen LogP contribution in [0.3, 0.4) is 0 Å². The number of aryl methyl sites for hydroxylation is 1. The minimum atomic E-state index is -4.23. The maximum atomic E-state index is 14.4. The zero-order valence-electron chi connectivity index (χ0n) is 25.3. The summed E-state index contributed by atoms with van der Waals surface area (Å²) in [6.45, 7) is 1.49. The van der Waals surface area contributed by atoms with E-state index in [-0.39, 0.29) is 29.5 Å². The highest BCUT2D eigenvalue weighted by Crippen LogP contribution is 2.34. The molecule has 0 fully saturated rings. The Morgan fingerprint density at radius 3 is 2.00 bits per heavy atom. The molecule has 0 aromatic heterocycles. The summed E-state index contributed by atoms with van der Waals surface area (Å²) in [6, 6.07) is 28.7. The lowest BCUT2D eigenvalue weighted by molar-refractivity contribution is -0.139. The number of anilines is 1. The molecule has 0 unspecified atom stereocenters. The lowest BCUT2D eigenvalue weighted by atomic mass is 10.0. The summed E-state index contributed by atoms with van der Waals surface area (Å²) in [5.41, 5.74) is 2.91. The minimum Gasteiger partial charge on any atom is -0.493 e. The van der Waals surface area contributed by atoms with E-state index >= 15 is 0 Å². The zero-order chi connectivity index (χ0) is 31.7. The number of methoxy groups -OCH3 is 2. The molecule has 0 aliphatic rings. The highest BCUT2D eigenvalue weighted by molar-refractivity contribution is 7.92. The number of nitrogens with one attached hydrogen (secondary N) is 1. The number of nitrogens with zero attached hydrogens (tertiary/aromatic N) is 2. The van der Waals surface area contributed by atoms with E-state index in [4.69, 9.17) is 9.47 Å². The van der Waals surface area contributed by atoms with Gasteiger partial charge in [-0.1, -0.05) is 78.4 Å². The third-order valence-electron chi connectivity index (χ3n) is 7.26. The Morgan fingerprint density at radius 1 is 0.795 bits per heavy atom. The van der Waals surface area contributed by atoms with Gasteiger partial charge in [-0.2, -0.15) is 0 Å². The average molecular weight is 616 g/mol. The standard InChI is InChI=1S/C34H37N3O6S/c1-25-15-17-27(18-16-25)23-36(30(34(39)35-2)21-26-11-7-5-8-12-26)33(38)24-37(44(40,41)29-13-9-6-10-14-29)28-19-20-31(42-3)32(22-28)43-4/h5-20,22,30H,21,23-24H2,1-4H3,(H,35,39)/t30-/m0/s1. The molecule has 4 aromatic rings. The topological polar surface area (TPSA) is 105 Å². The quantitative estimate of drug-likeness (QED) is 0.236. The highest BCUT2D eigenvalue weighted by atomic mass is 32.2. The molecule has 1 atom stereocenters. The fourth-order valence-corrected chi connectivity index (χ4v) is 6.27. The Labute approximate surface area is 259 Å². The molecule has 230 valence electrons. The second-order valence-corrected chi connectivity index (χ2v) is 12.1. The summed E-state index contributed by atoms with van der Waals surface area (Å²) in [7, 11) is 0.220. The summed E-state index contributed by atoms with van der Waals surface area (Å²) in [4.78, 5) is 29.2. The van der Waals surface area contributed by atoms with Gasteiger partial charge in [0.15, 0.2) is 11.5 Å². The van der Waals surface area contributed by atoms with Crippen LogP contribution in [0.4, 0.5) is 5.69 Å². The van der Waals surface area contributed by atoms with Gasteiger partial charge in [-0.15, -0.1) is 0 Å². The number of carbonyl (C=O) groups is 2. The molecule has 0 aliphatic carbocycles. The molecular weight excluding hydrogens is 578 g/mol. The number of rotatable bonds is 13. The van der Waals surface area contributed by atoms with E-state index in [0.717, 1.165) is 21.0 Å². The maximum Gasteiger partial charge on any atom is 0.264 e. The summed E-state index contributed by atoms with van der Waals surface area (Å²) < 4.78 is 40.0. The third kappa shape index (κ3) is 7.57. The van der Waals surface area contributed by atoms with Gasteiger partial charge in [0.05, 0.1) is 24.8 Å². The summed E-state index contributed by atoms with van der Waals surface area (Å²) in [5, 5.41) is 2.69. The second kappa shape index (κ2) is 14.6. The van der Waals surface area contributed by atoms with E-state index in [1.165, 1.54) is 44.4 Å². The van der Waals surface area contributed by atoms with Gasteiger partial charge >= 0.3 is 0 Å². The highest BCUT2D eigenvalue weighted by Gasteiger charge is 2.34. The van der Waals surface area contributed by atoms with Crippen molar-refractivity contribution in [3.8, 4) is 11.5 Å². The van der Waals surface area contributed by atoms with Gasteiger partial charge in [-0.25, -0.2) is 8.42 Å². The van der Waals surface area contributed by atoms with Crippen LogP contribution in [0.2, 0.25) is 0 Å². The molecule has 44 heavy (non-hydrogen) atoms. The molecule has 0 heterocycles. The number of benzene rings is 4. The first-order valence-electron chi connectivity index (χ1n) is 14.1. The van der Waals surface area contributed by atoms with Crippen molar-refractivity contribution in [2.45, 2.75) is 30.8 Å². The molecule has 10 heteroatoms. The normalized spacial score (nSPS) is 11.7. The minimum absolute atomic E-state index is 0.0137. The Balaban J connectivity index is 1.81. The molecule has 1 N–H and O–H groups in total. The van der Waals surface area contributed by atoms with Gasteiger partial charge in [-0.3, -0.25) is 13.9 Å². The van der Waals surface area contributed by atoms with Crippen LogP contribution in [0.25, 0.3) is 0 Å². The SMILES string of the molecule is CNC(=O)[C@H](Cc1ccccc1)N(Cc1ccc(C)cc1)C(=O)CN(c1ccc(OC)c(OC)c1)S(=O)(=O)c1ccccc1. The fourth-order valence-electron chi connectivity index (χ4n) is 4.84. The van der Waals surface area contributed by atoms with Gasteiger partial charge in [0.25, 0.3) is 10.0 Å². The molecule has 2 amide bonds. The Kier molecular flexibility index (Phi) is 10.6. The molecule has 0 saturated carbocycles. The van der Waals surface area contributed by atoms with Crippen molar-refractivity contribution in [1.82, 2.24) is 10.2 Å². The van der Waals surface area contributed by atoms with Crippen LogP contribution >= 0.6 is 0 Å². The number of hydrogen-bond acceptors (Lipinski definition) is 6. The largest absolute Gasteiger partial charge is 0.493 e. The van der Waals surface area contributed by atoms with Crippen LogP contribution in [0.15, 0.2) is 108 Å². The number of sulfonamides is 1. The lowest BCUT2D eigenvalue weighted by Gasteiger charge is -2.33. The van der Waals surface area contributed by atoms with Gasteiger partial charge in [0.1, 0.15) is 12.6 Å². The number of likely N-dealkylation sites (N-methyl/N-ethyl adjacent to an activating group) is 1. The van der Waals surface area contributed by atoms with Crippen molar-refractivity contribution >= 4 is 27.5 Å². The van der Waals surface area contributed by atoms with Crippen LogP contribution in [0, 0.1) is 6.92 Å². The molecule has 0 spiro atoms. The molecule has 0 radical (unpaired) electrons. The fraction of sp³-hybridized carbons (Fsp3) is 0.235. The Bertz CT molecular complexity index is 1660. The maximum absolute atomic E-state index is 14.4. The predicted octanol–water partition coefficient (Wildman–Crippen LogP) is 4.59. The molecule has 9 nitrogen and oxygen atoms in total. The summed E-state index contributed by atoms with van der Waals surface area (Å²) in [5.74, 6) is -0.208. The van der Waals surface area contributed by atoms with Gasteiger partial charge in [0.2, 0.25) is 11.8 Å². The van der Waals surface area contributed by atoms with Crippen LogP contribution in [0.1, 0.15) is 16.7 Å². The number of amides is 2.